The van der Waals surface area contributed by atoms with Gasteiger partial charge in [-0.1, -0.05) is 5.16 Å². The molecule has 0 amide bonds. The van der Waals surface area contributed by atoms with Crippen LogP contribution in [-0.2, 0) is 16.1 Å². The van der Waals surface area contributed by atoms with Gasteiger partial charge in [-0.2, -0.15) is 0 Å². The van der Waals surface area contributed by atoms with Gasteiger partial charge >= 0.3 is 5.97 Å². The quantitative estimate of drug-likeness (QED) is 0.562. The molecule has 0 spiro atoms. The molecule has 3 rings (SSSR count). The van der Waals surface area contributed by atoms with Crippen molar-refractivity contribution < 1.29 is 19.1 Å². The second-order valence-electron chi connectivity index (χ2n) is 4.34. The van der Waals surface area contributed by atoms with E-state index in [9.17, 15) is 4.79 Å². The highest BCUT2D eigenvalue weighted by Gasteiger charge is 2.22. The van der Waals surface area contributed by atoms with Crippen LogP contribution in [0.5, 0.6) is 11.5 Å². The third-order valence-electron chi connectivity index (χ3n) is 3.05. The number of ether oxygens (including phenoxy) is 2. The second-order valence-corrected chi connectivity index (χ2v) is 4.34. The van der Waals surface area contributed by atoms with Gasteiger partial charge in [-0.15, -0.1) is 0 Å². The van der Waals surface area contributed by atoms with Crippen LogP contribution in [-0.4, -0.2) is 18.5 Å². The largest absolute Gasteiger partial charge is 0.454 e. The first-order valence-corrected chi connectivity index (χ1v) is 5.91. The summed E-state index contributed by atoms with van der Waals surface area (Å²) in [5, 5.41) is 3.92. The van der Waals surface area contributed by atoms with Crippen LogP contribution in [0.3, 0.4) is 0 Å². The van der Waals surface area contributed by atoms with Crippen LogP contribution in [0, 0.1) is 0 Å². The molecule has 0 radical (unpaired) electrons. The third kappa shape index (κ3) is 1.92. The Morgan fingerprint density at radius 2 is 2.06 bits per heavy atom. The summed E-state index contributed by atoms with van der Waals surface area (Å²) in [5.41, 5.74) is 2.95. The Bertz CT molecular complexity index is 536. The Hall–Kier alpha value is -2.04. The first kappa shape index (κ1) is 11.1. The number of carbonyl (C=O) groups excluding carboxylic acids is 1. The van der Waals surface area contributed by atoms with Crippen LogP contribution < -0.4 is 9.47 Å². The summed E-state index contributed by atoms with van der Waals surface area (Å²) in [7, 11) is 0. The molecule has 0 saturated carbocycles. The van der Waals surface area contributed by atoms with Gasteiger partial charge < -0.3 is 14.3 Å². The minimum atomic E-state index is -0.407. The summed E-state index contributed by atoms with van der Waals surface area (Å²) in [6.45, 7) is 1.60. The predicted molar refractivity (Wildman–Crippen MR) is 63.8 cm³/mol. The van der Waals surface area contributed by atoms with Crippen molar-refractivity contribution >= 4 is 11.7 Å². The number of oxime groups is 1. The number of hydrogen-bond donors (Lipinski definition) is 0. The standard InChI is InChI=1S/C13H13NO4/c1-8(15)18-14-11-4-2-3-9-5-12-13(6-10(9)11)17-7-16-12/h5-6H,2-4,7H2,1H3/b14-11+. The lowest BCUT2D eigenvalue weighted by Crippen LogP contribution is -2.13. The fourth-order valence-corrected chi connectivity index (χ4v) is 2.25. The van der Waals surface area contributed by atoms with Crippen molar-refractivity contribution in [1.29, 1.82) is 0 Å². The van der Waals surface area contributed by atoms with E-state index < -0.39 is 5.97 Å². The number of hydrogen-bond acceptors (Lipinski definition) is 5. The van der Waals surface area contributed by atoms with Crippen LogP contribution in [0.4, 0.5) is 0 Å². The first-order chi connectivity index (χ1) is 8.74. The summed E-state index contributed by atoms with van der Waals surface area (Å²) < 4.78 is 10.7. The lowest BCUT2D eigenvalue weighted by molar-refractivity contribution is -0.140. The van der Waals surface area contributed by atoms with Crippen molar-refractivity contribution in [2.75, 3.05) is 6.79 Å². The molecule has 0 aromatic heterocycles. The van der Waals surface area contributed by atoms with Crippen LogP contribution >= 0.6 is 0 Å². The number of carbonyl (C=O) groups is 1. The summed E-state index contributed by atoms with van der Waals surface area (Å²) in [5.74, 6) is 1.10. The molecule has 0 saturated heterocycles. The summed E-state index contributed by atoms with van der Waals surface area (Å²) in [6.07, 6.45) is 2.78. The summed E-state index contributed by atoms with van der Waals surface area (Å²) in [6, 6.07) is 3.90. The molecular weight excluding hydrogens is 234 g/mol. The maximum atomic E-state index is 10.8. The van der Waals surface area contributed by atoms with Crippen molar-refractivity contribution in [3.63, 3.8) is 0 Å². The van der Waals surface area contributed by atoms with Gasteiger partial charge in [-0.3, -0.25) is 0 Å². The molecule has 1 aromatic rings. The highest BCUT2D eigenvalue weighted by atomic mass is 16.7. The molecule has 0 unspecified atom stereocenters. The van der Waals surface area contributed by atoms with E-state index in [1.165, 1.54) is 6.92 Å². The number of nitrogens with zero attached hydrogens (tertiary/aromatic N) is 1. The molecule has 5 heteroatoms. The van der Waals surface area contributed by atoms with Crippen molar-refractivity contribution in [2.45, 2.75) is 26.2 Å². The zero-order valence-electron chi connectivity index (χ0n) is 10.1. The van der Waals surface area contributed by atoms with E-state index in [0.717, 1.165) is 47.6 Å². The van der Waals surface area contributed by atoms with Crippen molar-refractivity contribution in [1.82, 2.24) is 0 Å². The molecule has 0 N–H and O–H groups in total. The third-order valence-corrected chi connectivity index (χ3v) is 3.05. The Kier molecular flexibility index (Phi) is 2.66. The summed E-state index contributed by atoms with van der Waals surface area (Å²) in [4.78, 5) is 15.5. The normalized spacial score (nSPS) is 18.6. The van der Waals surface area contributed by atoms with Gasteiger partial charge in [0.2, 0.25) is 6.79 Å². The predicted octanol–water partition coefficient (Wildman–Crippen LogP) is 2.02. The van der Waals surface area contributed by atoms with Crippen LogP contribution in [0.1, 0.15) is 30.9 Å². The van der Waals surface area contributed by atoms with Crippen molar-refractivity contribution in [2.24, 2.45) is 5.16 Å². The zero-order chi connectivity index (χ0) is 12.5. The van der Waals surface area contributed by atoms with E-state index in [1.807, 2.05) is 12.1 Å². The molecule has 5 nitrogen and oxygen atoms in total. The fraction of sp³-hybridized carbons (Fsp3) is 0.385. The highest BCUT2D eigenvalue weighted by molar-refractivity contribution is 6.03. The van der Waals surface area contributed by atoms with Gasteiger partial charge in [0.05, 0.1) is 5.71 Å². The molecule has 0 bridgehead atoms. The van der Waals surface area contributed by atoms with E-state index in [4.69, 9.17) is 14.3 Å². The van der Waals surface area contributed by atoms with Gasteiger partial charge in [0.15, 0.2) is 11.5 Å². The zero-order valence-corrected chi connectivity index (χ0v) is 10.1. The van der Waals surface area contributed by atoms with E-state index in [2.05, 4.69) is 5.16 Å². The van der Waals surface area contributed by atoms with Gasteiger partial charge in [-0.25, -0.2) is 4.79 Å². The van der Waals surface area contributed by atoms with E-state index >= 15 is 0 Å². The van der Waals surface area contributed by atoms with Crippen molar-refractivity contribution in [3.05, 3.63) is 23.3 Å². The minimum Gasteiger partial charge on any atom is -0.454 e. The number of rotatable bonds is 1. The molecule has 1 aliphatic carbocycles. The lowest BCUT2D eigenvalue weighted by atomic mass is 9.90. The van der Waals surface area contributed by atoms with Crippen LogP contribution in [0.2, 0.25) is 0 Å². The van der Waals surface area contributed by atoms with Crippen LogP contribution in [0.25, 0.3) is 0 Å². The molecule has 1 aromatic carbocycles. The minimum absolute atomic E-state index is 0.259. The average Bonchev–Trinajstić information content (AvgIpc) is 2.80. The maximum absolute atomic E-state index is 10.8. The van der Waals surface area contributed by atoms with Gasteiger partial charge in [0.25, 0.3) is 0 Å². The smallest absolute Gasteiger partial charge is 0.331 e. The van der Waals surface area contributed by atoms with E-state index in [1.54, 1.807) is 0 Å². The Balaban J connectivity index is 2.00. The molecule has 1 aliphatic heterocycles. The molecule has 1 heterocycles. The molecule has 2 aliphatic rings. The molecule has 18 heavy (non-hydrogen) atoms. The average molecular weight is 247 g/mol. The van der Waals surface area contributed by atoms with Gasteiger partial charge in [0, 0.05) is 12.5 Å². The topological polar surface area (TPSA) is 57.1 Å². The molecule has 0 atom stereocenters. The second kappa shape index (κ2) is 4.33. The molecule has 94 valence electrons. The Morgan fingerprint density at radius 3 is 2.83 bits per heavy atom. The van der Waals surface area contributed by atoms with E-state index in [0.29, 0.717) is 0 Å². The lowest BCUT2D eigenvalue weighted by Gasteiger charge is -2.17. The Morgan fingerprint density at radius 1 is 1.28 bits per heavy atom. The SMILES string of the molecule is CC(=O)O/N=C1\CCCc2cc3c(cc21)OCO3. The van der Waals surface area contributed by atoms with Gasteiger partial charge in [0.1, 0.15) is 0 Å². The molecular formula is C13H13NO4. The van der Waals surface area contributed by atoms with Crippen molar-refractivity contribution in [3.8, 4) is 11.5 Å². The number of fused-ring (bicyclic) bond motifs is 2. The summed E-state index contributed by atoms with van der Waals surface area (Å²) >= 11 is 0. The number of aryl methyl sites for hydroxylation is 1. The Labute approximate surface area is 104 Å². The highest BCUT2D eigenvalue weighted by Crippen LogP contribution is 2.37. The first-order valence-electron chi connectivity index (χ1n) is 5.91. The maximum Gasteiger partial charge on any atom is 0.331 e. The monoisotopic (exact) mass is 247 g/mol. The number of benzene rings is 1. The van der Waals surface area contributed by atoms with E-state index in [-0.39, 0.29) is 6.79 Å². The fourth-order valence-electron chi connectivity index (χ4n) is 2.25. The van der Waals surface area contributed by atoms with Gasteiger partial charge in [-0.05, 0) is 37.0 Å². The van der Waals surface area contributed by atoms with Crippen LogP contribution in [0.15, 0.2) is 17.3 Å². The molecule has 0 fully saturated rings.